The molecule has 112 valence electrons. The Labute approximate surface area is 127 Å². The number of hydrogen-bond donors (Lipinski definition) is 1. The van der Waals surface area contributed by atoms with Gasteiger partial charge in [0.1, 0.15) is 5.00 Å². The number of ether oxygens (including phenoxy) is 1. The van der Waals surface area contributed by atoms with Gasteiger partial charge in [-0.25, -0.2) is 0 Å². The van der Waals surface area contributed by atoms with E-state index in [1.165, 1.54) is 11.5 Å². The van der Waals surface area contributed by atoms with Gasteiger partial charge >= 0.3 is 0 Å². The standard InChI is InChI=1S/C14H18N4O2S/c1-8-6-12(21-17-8)16-14(19)10-4-5-20-13(10)11-7-15-18(3)9(11)2/h6-7,10,13H,4-5H2,1-3H3,(H,16,19)/t10-,13-/m0/s1. The van der Waals surface area contributed by atoms with Gasteiger partial charge in [0.25, 0.3) is 0 Å². The summed E-state index contributed by atoms with van der Waals surface area (Å²) in [6.07, 6.45) is 2.30. The summed E-state index contributed by atoms with van der Waals surface area (Å²) in [7, 11) is 1.89. The minimum atomic E-state index is -0.215. The molecule has 0 unspecified atom stereocenters. The molecule has 0 saturated carbocycles. The molecular weight excluding hydrogens is 288 g/mol. The number of amides is 1. The molecule has 0 spiro atoms. The lowest BCUT2D eigenvalue weighted by molar-refractivity contribution is -0.121. The van der Waals surface area contributed by atoms with Crippen molar-refractivity contribution in [1.82, 2.24) is 14.2 Å². The summed E-state index contributed by atoms with van der Waals surface area (Å²) in [5.41, 5.74) is 2.95. The molecule has 3 rings (SSSR count). The molecule has 1 amide bonds. The molecule has 1 fully saturated rings. The van der Waals surface area contributed by atoms with Gasteiger partial charge in [0, 0.05) is 24.9 Å². The predicted octanol–water partition coefficient (Wildman–Crippen LogP) is 2.21. The highest BCUT2D eigenvalue weighted by atomic mass is 32.1. The third-order valence-corrected chi connectivity index (χ3v) is 4.68. The van der Waals surface area contributed by atoms with E-state index in [1.807, 2.05) is 27.0 Å². The third kappa shape index (κ3) is 2.71. The van der Waals surface area contributed by atoms with Crippen LogP contribution >= 0.6 is 11.5 Å². The largest absolute Gasteiger partial charge is 0.373 e. The zero-order valence-corrected chi connectivity index (χ0v) is 13.1. The van der Waals surface area contributed by atoms with E-state index in [1.54, 1.807) is 10.9 Å². The molecule has 2 atom stereocenters. The van der Waals surface area contributed by atoms with Crippen LogP contribution in [0, 0.1) is 19.8 Å². The fourth-order valence-corrected chi connectivity index (χ4v) is 3.26. The number of aromatic nitrogens is 3. The van der Waals surface area contributed by atoms with Crippen LogP contribution in [0.25, 0.3) is 0 Å². The Kier molecular flexibility index (Phi) is 3.77. The van der Waals surface area contributed by atoms with Gasteiger partial charge in [-0.1, -0.05) is 0 Å². The van der Waals surface area contributed by atoms with Crippen LogP contribution in [0.3, 0.4) is 0 Å². The number of carbonyl (C=O) groups excluding carboxylic acids is 1. The average Bonchev–Trinajstić information content (AvgIpc) is 3.13. The van der Waals surface area contributed by atoms with Crippen molar-refractivity contribution in [2.24, 2.45) is 13.0 Å². The van der Waals surface area contributed by atoms with E-state index in [0.717, 1.165) is 28.4 Å². The molecule has 0 radical (unpaired) electrons. The molecule has 2 aromatic rings. The van der Waals surface area contributed by atoms with Crippen molar-refractivity contribution in [2.75, 3.05) is 11.9 Å². The van der Waals surface area contributed by atoms with Crippen LogP contribution in [0.15, 0.2) is 12.3 Å². The molecule has 1 saturated heterocycles. The first-order chi connectivity index (χ1) is 10.1. The van der Waals surface area contributed by atoms with E-state index in [4.69, 9.17) is 4.74 Å². The first-order valence-electron chi connectivity index (χ1n) is 6.90. The molecule has 0 bridgehead atoms. The van der Waals surface area contributed by atoms with E-state index in [0.29, 0.717) is 6.61 Å². The molecule has 0 aromatic carbocycles. The Morgan fingerprint density at radius 2 is 2.33 bits per heavy atom. The molecule has 1 aliphatic heterocycles. The first kappa shape index (κ1) is 14.2. The van der Waals surface area contributed by atoms with Gasteiger partial charge < -0.3 is 10.1 Å². The van der Waals surface area contributed by atoms with Crippen molar-refractivity contribution < 1.29 is 9.53 Å². The molecule has 2 aromatic heterocycles. The fourth-order valence-electron chi connectivity index (χ4n) is 2.60. The van der Waals surface area contributed by atoms with Crippen molar-refractivity contribution in [2.45, 2.75) is 26.4 Å². The average molecular weight is 306 g/mol. The van der Waals surface area contributed by atoms with Crippen LogP contribution in [-0.2, 0) is 16.6 Å². The summed E-state index contributed by atoms with van der Waals surface area (Å²) < 4.78 is 11.8. The van der Waals surface area contributed by atoms with E-state index >= 15 is 0 Å². The van der Waals surface area contributed by atoms with E-state index in [2.05, 4.69) is 14.8 Å². The Bertz CT molecular complexity index is 664. The lowest BCUT2D eigenvalue weighted by Crippen LogP contribution is -2.25. The van der Waals surface area contributed by atoms with Gasteiger partial charge in [-0.3, -0.25) is 9.48 Å². The second kappa shape index (κ2) is 5.57. The predicted molar refractivity (Wildman–Crippen MR) is 80.2 cm³/mol. The monoisotopic (exact) mass is 306 g/mol. The van der Waals surface area contributed by atoms with Gasteiger partial charge in [-0.15, -0.1) is 0 Å². The van der Waals surface area contributed by atoms with Crippen molar-refractivity contribution in [3.05, 3.63) is 29.2 Å². The number of rotatable bonds is 3. The molecule has 21 heavy (non-hydrogen) atoms. The zero-order valence-electron chi connectivity index (χ0n) is 12.3. The molecular formula is C14H18N4O2S. The summed E-state index contributed by atoms with van der Waals surface area (Å²) in [5.74, 6) is -0.195. The van der Waals surface area contributed by atoms with Crippen molar-refractivity contribution >= 4 is 22.4 Å². The number of anilines is 1. The Morgan fingerprint density at radius 1 is 1.52 bits per heavy atom. The first-order valence-corrected chi connectivity index (χ1v) is 7.68. The maximum atomic E-state index is 12.5. The lowest BCUT2D eigenvalue weighted by atomic mass is 9.95. The normalized spacial score (nSPS) is 21.7. The molecule has 3 heterocycles. The molecule has 6 nitrogen and oxygen atoms in total. The number of hydrogen-bond acceptors (Lipinski definition) is 5. The number of nitrogens with one attached hydrogen (secondary N) is 1. The molecule has 1 N–H and O–H groups in total. The minimum absolute atomic E-state index is 0.00981. The van der Waals surface area contributed by atoms with Crippen molar-refractivity contribution in [1.29, 1.82) is 0 Å². The Morgan fingerprint density at radius 3 is 2.95 bits per heavy atom. The van der Waals surface area contributed by atoms with Crippen LogP contribution in [-0.4, -0.2) is 26.7 Å². The SMILES string of the molecule is Cc1cc(NC(=O)[C@H]2CCO[C@@H]2c2cnn(C)c2C)sn1. The maximum absolute atomic E-state index is 12.5. The summed E-state index contributed by atoms with van der Waals surface area (Å²) >= 11 is 1.30. The van der Waals surface area contributed by atoms with Gasteiger partial charge in [0.2, 0.25) is 5.91 Å². The van der Waals surface area contributed by atoms with E-state index in [9.17, 15) is 4.79 Å². The summed E-state index contributed by atoms with van der Waals surface area (Å²) in [4.78, 5) is 12.5. The van der Waals surface area contributed by atoms with Crippen molar-refractivity contribution in [3.8, 4) is 0 Å². The quantitative estimate of drug-likeness (QED) is 0.944. The fraction of sp³-hybridized carbons (Fsp3) is 0.500. The number of aryl methyl sites for hydroxylation is 2. The highest BCUT2D eigenvalue weighted by Crippen LogP contribution is 2.36. The Hall–Kier alpha value is -1.73. The summed E-state index contributed by atoms with van der Waals surface area (Å²) in [5, 5.41) is 7.96. The van der Waals surface area contributed by atoms with Crippen LogP contribution in [0.1, 0.15) is 29.5 Å². The smallest absolute Gasteiger partial charge is 0.231 e. The van der Waals surface area contributed by atoms with Gasteiger partial charge in [-0.05, 0) is 37.9 Å². The Balaban J connectivity index is 1.77. The number of nitrogens with zero attached hydrogens (tertiary/aromatic N) is 3. The second-order valence-corrected chi connectivity index (χ2v) is 6.12. The third-order valence-electron chi connectivity index (χ3n) is 3.88. The lowest BCUT2D eigenvalue weighted by Gasteiger charge is -2.17. The maximum Gasteiger partial charge on any atom is 0.231 e. The number of carbonyl (C=O) groups is 1. The van der Waals surface area contributed by atoms with Gasteiger partial charge in [0.05, 0.1) is 23.9 Å². The highest BCUT2D eigenvalue weighted by Gasteiger charge is 2.37. The molecule has 0 aliphatic carbocycles. The van der Waals surface area contributed by atoms with E-state index < -0.39 is 0 Å². The summed E-state index contributed by atoms with van der Waals surface area (Å²) in [6, 6.07) is 1.88. The topological polar surface area (TPSA) is 69.0 Å². The molecule has 7 heteroatoms. The highest BCUT2D eigenvalue weighted by molar-refractivity contribution is 7.10. The van der Waals surface area contributed by atoms with Gasteiger partial charge in [-0.2, -0.15) is 9.47 Å². The van der Waals surface area contributed by atoms with Crippen LogP contribution in [0.5, 0.6) is 0 Å². The van der Waals surface area contributed by atoms with E-state index in [-0.39, 0.29) is 17.9 Å². The van der Waals surface area contributed by atoms with Crippen LogP contribution in [0.4, 0.5) is 5.00 Å². The van der Waals surface area contributed by atoms with Crippen molar-refractivity contribution in [3.63, 3.8) is 0 Å². The summed E-state index contributed by atoms with van der Waals surface area (Å²) in [6.45, 7) is 4.50. The van der Waals surface area contributed by atoms with Crippen LogP contribution < -0.4 is 5.32 Å². The minimum Gasteiger partial charge on any atom is -0.373 e. The second-order valence-electron chi connectivity index (χ2n) is 5.32. The van der Waals surface area contributed by atoms with Gasteiger partial charge in [0.15, 0.2) is 0 Å². The van der Waals surface area contributed by atoms with Crippen LogP contribution in [0.2, 0.25) is 0 Å². The molecule has 1 aliphatic rings. The zero-order chi connectivity index (χ0) is 15.0.